The van der Waals surface area contributed by atoms with Gasteiger partial charge in [-0.15, -0.1) is 11.3 Å². The number of hydrogen-bond acceptors (Lipinski definition) is 5. The number of carbonyl (C=O) groups excluding carboxylic acids is 1. The van der Waals surface area contributed by atoms with Gasteiger partial charge in [-0.05, 0) is 20.3 Å². The number of nitrogens with one attached hydrogen (secondary N) is 2. The molecule has 2 aromatic heterocycles. The summed E-state index contributed by atoms with van der Waals surface area (Å²) in [4.78, 5) is 17.5. The SMILES string of the molecule is CC[C@@H](NC(=O)c1cn[nH]n1)c1nc(C)c(C)s1. The largest absolute Gasteiger partial charge is 0.341 e. The maximum Gasteiger partial charge on any atom is 0.274 e. The van der Waals surface area contributed by atoms with Crippen LogP contribution in [0, 0.1) is 13.8 Å². The fourth-order valence-electron chi connectivity index (χ4n) is 1.53. The summed E-state index contributed by atoms with van der Waals surface area (Å²) in [5.74, 6) is -0.235. The molecule has 1 amide bonds. The van der Waals surface area contributed by atoms with Crippen LogP contribution in [0.5, 0.6) is 0 Å². The molecule has 6 nitrogen and oxygen atoms in total. The number of carbonyl (C=O) groups is 1. The van der Waals surface area contributed by atoms with E-state index in [1.165, 1.54) is 11.1 Å². The van der Waals surface area contributed by atoms with Gasteiger partial charge in [0.2, 0.25) is 0 Å². The molecule has 0 unspecified atom stereocenters. The van der Waals surface area contributed by atoms with Crippen molar-refractivity contribution in [3.63, 3.8) is 0 Å². The molecule has 2 heterocycles. The molecule has 18 heavy (non-hydrogen) atoms. The summed E-state index contributed by atoms with van der Waals surface area (Å²) < 4.78 is 0. The molecule has 2 rings (SSSR count). The lowest BCUT2D eigenvalue weighted by molar-refractivity contribution is 0.0930. The van der Waals surface area contributed by atoms with Crippen molar-refractivity contribution >= 4 is 17.2 Å². The number of rotatable bonds is 4. The van der Waals surface area contributed by atoms with Crippen molar-refractivity contribution in [1.82, 2.24) is 25.7 Å². The van der Waals surface area contributed by atoms with Crippen LogP contribution in [0.3, 0.4) is 0 Å². The van der Waals surface area contributed by atoms with Gasteiger partial charge in [0, 0.05) is 4.88 Å². The first-order valence-electron chi connectivity index (χ1n) is 5.72. The quantitative estimate of drug-likeness (QED) is 0.882. The molecule has 7 heteroatoms. The minimum Gasteiger partial charge on any atom is -0.341 e. The van der Waals surface area contributed by atoms with Crippen LogP contribution in [0.25, 0.3) is 0 Å². The van der Waals surface area contributed by atoms with E-state index >= 15 is 0 Å². The van der Waals surface area contributed by atoms with E-state index in [0.717, 1.165) is 17.1 Å². The molecule has 0 spiro atoms. The highest BCUT2D eigenvalue weighted by Crippen LogP contribution is 2.24. The predicted octanol–water partition coefficient (Wildman–Crippen LogP) is 1.76. The van der Waals surface area contributed by atoms with Crippen molar-refractivity contribution in [3.05, 3.63) is 27.5 Å². The minimum absolute atomic E-state index is 0.0772. The average Bonchev–Trinajstić information content (AvgIpc) is 2.97. The van der Waals surface area contributed by atoms with Gasteiger partial charge in [-0.25, -0.2) is 4.98 Å². The number of nitrogens with zero attached hydrogens (tertiary/aromatic N) is 3. The van der Waals surface area contributed by atoms with Crippen molar-refractivity contribution in [2.24, 2.45) is 0 Å². The van der Waals surface area contributed by atoms with E-state index in [4.69, 9.17) is 0 Å². The van der Waals surface area contributed by atoms with E-state index in [0.29, 0.717) is 5.69 Å². The first-order valence-corrected chi connectivity index (χ1v) is 6.54. The fraction of sp³-hybridized carbons (Fsp3) is 0.455. The molecular weight excluding hydrogens is 250 g/mol. The Balaban J connectivity index is 2.12. The summed E-state index contributed by atoms with van der Waals surface area (Å²) in [7, 11) is 0. The van der Waals surface area contributed by atoms with Gasteiger partial charge in [0.05, 0.1) is 17.9 Å². The van der Waals surface area contributed by atoms with Crippen molar-refractivity contribution in [3.8, 4) is 0 Å². The van der Waals surface area contributed by atoms with Crippen molar-refractivity contribution in [1.29, 1.82) is 0 Å². The van der Waals surface area contributed by atoms with Crippen LogP contribution in [0.2, 0.25) is 0 Å². The van der Waals surface area contributed by atoms with Crippen LogP contribution in [0.4, 0.5) is 0 Å². The summed E-state index contributed by atoms with van der Waals surface area (Å²) in [6, 6.07) is -0.0772. The van der Waals surface area contributed by atoms with Crippen molar-refractivity contribution in [2.45, 2.75) is 33.2 Å². The van der Waals surface area contributed by atoms with Crippen molar-refractivity contribution in [2.75, 3.05) is 0 Å². The van der Waals surface area contributed by atoms with E-state index in [9.17, 15) is 4.79 Å². The molecule has 96 valence electrons. The Morgan fingerprint density at radius 1 is 1.56 bits per heavy atom. The lowest BCUT2D eigenvalue weighted by atomic mass is 10.2. The molecule has 2 aromatic rings. The van der Waals surface area contributed by atoms with Crippen LogP contribution < -0.4 is 5.32 Å². The Kier molecular flexibility index (Phi) is 3.71. The molecule has 0 aliphatic carbocycles. The van der Waals surface area contributed by atoms with Gasteiger partial charge in [0.15, 0.2) is 5.69 Å². The van der Waals surface area contributed by atoms with Gasteiger partial charge in [-0.3, -0.25) is 4.79 Å². The predicted molar refractivity (Wildman–Crippen MR) is 68.5 cm³/mol. The molecule has 0 aliphatic heterocycles. The molecule has 2 N–H and O–H groups in total. The van der Waals surface area contributed by atoms with E-state index < -0.39 is 0 Å². The van der Waals surface area contributed by atoms with E-state index in [1.54, 1.807) is 11.3 Å². The highest BCUT2D eigenvalue weighted by molar-refractivity contribution is 7.11. The van der Waals surface area contributed by atoms with Crippen molar-refractivity contribution < 1.29 is 4.79 Å². The second-order valence-corrected chi connectivity index (χ2v) is 5.22. The third-order valence-corrected chi connectivity index (χ3v) is 3.89. The van der Waals surface area contributed by atoms with Crippen LogP contribution in [-0.4, -0.2) is 26.3 Å². The summed E-state index contributed by atoms with van der Waals surface area (Å²) in [6.07, 6.45) is 2.19. The zero-order valence-electron chi connectivity index (χ0n) is 10.5. The molecule has 0 aromatic carbocycles. The zero-order chi connectivity index (χ0) is 13.1. The Morgan fingerprint density at radius 2 is 2.33 bits per heavy atom. The average molecular weight is 265 g/mol. The van der Waals surface area contributed by atoms with Gasteiger partial charge in [0.25, 0.3) is 5.91 Å². The third kappa shape index (κ3) is 2.56. The highest BCUT2D eigenvalue weighted by Gasteiger charge is 2.19. The van der Waals surface area contributed by atoms with Gasteiger partial charge < -0.3 is 5.32 Å². The number of aromatic nitrogens is 4. The number of hydrogen-bond donors (Lipinski definition) is 2. The molecule has 0 aliphatic rings. The second kappa shape index (κ2) is 5.26. The number of thiazole rings is 1. The highest BCUT2D eigenvalue weighted by atomic mass is 32.1. The van der Waals surface area contributed by atoms with Gasteiger partial charge >= 0.3 is 0 Å². The summed E-state index contributed by atoms with van der Waals surface area (Å²) in [5, 5.41) is 13.6. The first kappa shape index (κ1) is 12.7. The summed E-state index contributed by atoms with van der Waals surface area (Å²) in [5.41, 5.74) is 1.31. The molecule has 1 atom stereocenters. The van der Waals surface area contributed by atoms with Gasteiger partial charge in [-0.1, -0.05) is 6.92 Å². The Labute approximate surface area is 109 Å². The molecule has 0 saturated heterocycles. The Morgan fingerprint density at radius 3 is 2.83 bits per heavy atom. The number of aryl methyl sites for hydroxylation is 2. The van der Waals surface area contributed by atoms with Crippen LogP contribution in [-0.2, 0) is 0 Å². The molecule has 0 fully saturated rings. The van der Waals surface area contributed by atoms with E-state index in [2.05, 4.69) is 25.7 Å². The minimum atomic E-state index is -0.235. The molecule has 0 radical (unpaired) electrons. The lowest BCUT2D eigenvalue weighted by Crippen LogP contribution is -2.28. The van der Waals surface area contributed by atoms with Crippen LogP contribution in [0.15, 0.2) is 6.20 Å². The van der Waals surface area contributed by atoms with Gasteiger partial charge in [0.1, 0.15) is 5.01 Å². The molecular formula is C11H15N5OS. The number of amides is 1. The van der Waals surface area contributed by atoms with Gasteiger partial charge in [-0.2, -0.15) is 15.4 Å². The topological polar surface area (TPSA) is 83.6 Å². The monoisotopic (exact) mass is 265 g/mol. The smallest absolute Gasteiger partial charge is 0.274 e. The summed E-state index contributed by atoms with van der Waals surface area (Å²) in [6.45, 7) is 6.02. The first-order chi connectivity index (χ1) is 8.61. The summed E-state index contributed by atoms with van der Waals surface area (Å²) >= 11 is 1.62. The maximum absolute atomic E-state index is 11.9. The standard InChI is InChI=1S/C11H15N5OS/c1-4-8(11-13-6(2)7(3)18-11)14-10(17)9-5-12-16-15-9/h5,8H,4H2,1-3H3,(H,14,17)(H,12,15,16)/t8-/m1/s1. The Bertz CT molecular complexity index is 514. The lowest BCUT2D eigenvalue weighted by Gasteiger charge is -2.13. The molecule has 0 bridgehead atoms. The normalized spacial score (nSPS) is 12.4. The van der Waals surface area contributed by atoms with E-state index in [1.807, 2.05) is 20.8 Å². The second-order valence-electron chi connectivity index (χ2n) is 3.98. The molecule has 0 saturated carbocycles. The maximum atomic E-state index is 11.9. The van der Waals surface area contributed by atoms with Crippen LogP contribution >= 0.6 is 11.3 Å². The number of aromatic amines is 1. The zero-order valence-corrected chi connectivity index (χ0v) is 11.3. The van der Waals surface area contributed by atoms with E-state index in [-0.39, 0.29) is 11.9 Å². The third-order valence-electron chi connectivity index (χ3n) is 2.70. The fourth-order valence-corrected chi connectivity index (χ4v) is 2.59. The number of H-pyrrole nitrogens is 1. The Hall–Kier alpha value is -1.76. The van der Waals surface area contributed by atoms with Crippen LogP contribution in [0.1, 0.15) is 45.5 Å².